The van der Waals surface area contributed by atoms with Crippen LogP contribution in [-0.2, 0) is 18.9 Å². The van der Waals surface area contributed by atoms with E-state index in [0.717, 1.165) is 103 Å². The number of hydrogen-bond donors (Lipinski definition) is 1. The Morgan fingerprint density at radius 2 is 0.765 bits per heavy atom. The lowest BCUT2D eigenvalue weighted by atomic mass is 10.0. The SMILES string of the molecule is CCCCCCCCCCOC(=O)OCCCCCN(CCO)CCCCCCCOC(=O)OC(CCCCCCCC)CCCCCCCC. The summed E-state index contributed by atoms with van der Waals surface area (Å²) >= 11 is 0. The van der Waals surface area contributed by atoms with Crippen molar-refractivity contribution in [1.82, 2.24) is 4.90 Å². The van der Waals surface area contributed by atoms with Gasteiger partial charge in [0.25, 0.3) is 0 Å². The van der Waals surface area contributed by atoms with Gasteiger partial charge in [-0.15, -0.1) is 0 Å². The van der Waals surface area contributed by atoms with Gasteiger partial charge in [-0.25, -0.2) is 9.59 Å². The van der Waals surface area contributed by atoms with Crippen LogP contribution in [0.3, 0.4) is 0 Å². The predicted octanol–water partition coefficient (Wildman–Crippen LogP) is 12.7. The van der Waals surface area contributed by atoms with Crippen LogP contribution in [0.5, 0.6) is 0 Å². The first kappa shape index (κ1) is 49.5. The number of carbonyl (C=O) groups is 2. The maximum absolute atomic E-state index is 12.4. The Bertz CT molecular complexity index is 706. The lowest BCUT2D eigenvalue weighted by Crippen LogP contribution is -2.29. The van der Waals surface area contributed by atoms with Crippen LogP contribution in [0.1, 0.15) is 213 Å². The summed E-state index contributed by atoms with van der Waals surface area (Å²) < 4.78 is 21.7. The van der Waals surface area contributed by atoms with Crippen LogP contribution < -0.4 is 0 Å². The average molecular weight is 728 g/mol. The van der Waals surface area contributed by atoms with Gasteiger partial charge in [-0.3, -0.25) is 0 Å². The fraction of sp³-hybridized carbons (Fsp3) is 0.953. The zero-order valence-electron chi connectivity index (χ0n) is 34.1. The van der Waals surface area contributed by atoms with Crippen LogP contribution in [0.2, 0.25) is 0 Å². The molecule has 0 radical (unpaired) electrons. The summed E-state index contributed by atoms with van der Waals surface area (Å²) in [4.78, 5) is 26.6. The molecule has 0 fully saturated rings. The Labute approximate surface area is 315 Å². The second-order valence-corrected chi connectivity index (χ2v) is 14.8. The molecule has 0 aromatic rings. The van der Waals surface area contributed by atoms with E-state index in [1.54, 1.807) is 0 Å². The first-order valence-corrected chi connectivity index (χ1v) is 22.0. The number of nitrogens with zero attached hydrogens (tertiary/aromatic N) is 1. The highest BCUT2D eigenvalue weighted by molar-refractivity contribution is 5.60. The van der Waals surface area contributed by atoms with Gasteiger partial charge in [-0.1, -0.05) is 149 Å². The summed E-state index contributed by atoms with van der Waals surface area (Å²) in [5.74, 6) is 0. The van der Waals surface area contributed by atoms with E-state index < -0.39 is 12.3 Å². The van der Waals surface area contributed by atoms with Crippen LogP contribution >= 0.6 is 0 Å². The van der Waals surface area contributed by atoms with Crippen LogP contribution in [-0.4, -0.2) is 74.5 Å². The lowest BCUT2D eigenvalue weighted by molar-refractivity contribution is 0.0154. The monoisotopic (exact) mass is 728 g/mol. The zero-order chi connectivity index (χ0) is 37.3. The molecule has 8 heteroatoms. The largest absolute Gasteiger partial charge is 0.508 e. The van der Waals surface area contributed by atoms with Crippen molar-refractivity contribution in [2.45, 2.75) is 219 Å². The number of aliphatic hydroxyl groups excluding tert-OH is 1. The molecule has 0 rings (SSSR count). The van der Waals surface area contributed by atoms with Gasteiger partial charge in [-0.05, 0) is 77.3 Å². The minimum Gasteiger partial charge on any atom is -0.434 e. The number of ether oxygens (including phenoxy) is 4. The standard InChI is InChI=1S/C43H85NO7/c1-4-7-10-13-16-17-22-29-38-48-42(46)49-39-31-24-28-35-44(36-37-45)34-27-21-18-23-30-40-50-43(47)51-41(32-25-19-14-11-8-5-2)33-26-20-15-12-9-6-3/h41,45H,4-40H2,1-3H3. The maximum atomic E-state index is 12.4. The Morgan fingerprint density at radius 1 is 0.431 bits per heavy atom. The topological polar surface area (TPSA) is 94.5 Å². The summed E-state index contributed by atoms with van der Waals surface area (Å²) in [6.07, 6.45) is 33.7. The normalized spacial score (nSPS) is 11.4. The molecule has 0 heterocycles. The van der Waals surface area contributed by atoms with E-state index in [0.29, 0.717) is 26.4 Å². The predicted molar refractivity (Wildman–Crippen MR) is 213 cm³/mol. The molecular weight excluding hydrogens is 642 g/mol. The molecule has 51 heavy (non-hydrogen) atoms. The van der Waals surface area contributed by atoms with Crippen molar-refractivity contribution < 1.29 is 33.6 Å². The molecule has 0 atom stereocenters. The third kappa shape index (κ3) is 38.0. The van der Waals surface area contributed by atoms with Crippen molar-refractivity contribution in [2.24, 2.45) is 0 Å². The molecule has 1 N–H and O–H groups in total. The molecule has 0 aliphatic rings. The molecule has 304 valence electrons. The van der Waals surface area contributed by atoms with Gasteiger partial charge in [0.05, 0.1) is 26.4 Å². The molecular formula is C43H85NO7. The van der Waals surface area contributed by atoms with E-state index in [2.05, 4.69) is 25.7 Å². The molecule has 0 unspecified atom stereocenters. The number of hydrogen-bond acceptors (Lipinski definition) is 8. The maximum Gasteiger partial charge on any atom is 0.508 e. The Morgan fingerprint density at radius 3 is 1.18 bits per heavy atom. The molecule has 0 aliphatic carbocycles. The van der Waals surface area contributed by atoms with Crippen molar-refractivity contribution >= 4 is 12.3 Å². The van der Waals surface area contributed by atoms with E-state index in [1.165, 1.54) is 103 Å². The third-order valence-corrected chi connectivity index (χ3v) is 9.83. The highest BCUT2D eigenvalue weighted by Gasteiger charge is 2.15. The van der Waals surface area contributed by atoms with Gasteiger partial charge in [0.1, 0.15) is 6.10 Å². The van der Waals surface area contributed by atoms with Gasteiger partial charge in [0.15, 0.2) is 0 Å². The number of rotatable bonds is 40. The average Bonchev–Trinajstić information content (AvgIpc) is 3.12. The molecule has 8 nitrogen and oxygen atoms in total. The van der Waals surface area contributed by atoms with E-state index >= 15 is 0 Å². The van der Waals surface area contributed by atoms with Gasteiger partial charge in [0.2, 0.25) is 0 Å². The summed E-state index contributed by atoms with van der Waals surface area (Å²) in [5.41, 5.74) is 0. The summed E-state index contributed by atoms with van der Waals surface area (Å²) in [6.45, 7) is 10.8. The van der Waals surface area contributed by atoms with E-state index in [1.807, 2.05) is 0 Å². The van der Waals surface area contributed by atoms with Gasteiger partial charge >= 0.3 is 12.3 Å². The molecule has 0 spiro atoms. The van der Waals surface area contributed by atoms with Crippen molar-refractivity contribution in [1.29, 1.82) is 0 Å². The molecule has 0 saturated heterocycles. The first-order valence-electron chi connectivity index (χ1n) is 22.0. The van der Waals surface area contributed by atoms with E-state index in [9.17, 15) is 14.7 Å². The minimum absolute atomic E-state index is 0.0111. The summed E-state index contributed by atoms with van der Waals surface area (Å²) in [5, 5.41) is 9.50. The summed E-state index contributed by atoms with van der Waals surface area (Å²) in [6, 6.07) is 0. The van der Waals surface area contributed by atoms with Crippen LogP contribution in [0.25, 0.3) is 0 Å². The number of aliphatic hydroxyl groups is 1. The van der Waals surface area contributed by atoms with E-state index in [4.69, 9.17) is 18.9 Å². The van der Waals surface area contributed by atoms with Gasteiger partial charge in [-0.2, -0.15) is 0 Å². The Kier molecular flexibility index (Phi) is 40.0. The number of carbonyl (C=O) groups excluding carboxylic acids is 2. The van der Waals surface area contributed by atoms with Crippen molar-refractivity contribution in [3.63, 3.8) is 0 Å². The van der Waals surface area contributed by atoms with Gasteiger partial charge < -0.3 is 29.0 Å². The molecule has 0 aromatic carbocycles. The van der Waals surface area contributed by atoms with Crippen LogP contribution in [0, 0.1) is 0 Å². The second-order valence-electron chi connectivity index (χ2n) is 14.8. The highest BCUT2D eigenvalue weighted by atomic mass is 16.7. The fourth-order valence-electron chi connectivity index (χ4n) is 6.54. The van der Waals surface area contributed by atoms with E-state index in [-0.39, 0.29) is 12.7 Å². The third-order valence-electron chi connectivity index (χ3n) is 9.83. The minimum atomic E-state index is -0.544. The van der Waals surface area contributed by atoms with Crippen molar-refractivity contribution in [3.05, 3.63) is 0 Å². The van der Waals surface area contributed by atoms with Crippen molar-refractivity contribution in [2.75, 3.05) is 46.1 Å². The Hall–Kier alpha value is -1.54. The molecule has 0 bridgehead atoms. The van der Waals surface area contributed by atoms with Crippen LogP contribution in [0.15, 0.2) is 0 Å². The molecule has 0 amide bonds. The molecule has 0 aromatic heterocycles. The Balaban J connectivity index is 3.92. The number of unbranched alkanes of at least 4 members (excludes halogenated alkanes) is 23. The first-order chi connectivity index (χ1) is 25.1. The molecule has 0 saturated carbocycles. The highest BCUT2D eigenvalue weighted by Crippen LogP contribution is 2.18. The zero-order valence-corrected chi connectivity index (χ0v) is 34.1. The molecule has 0 aliphatic heterocycles. The van der Waals surface area contributed by atoms with Gasteiger partial charge in [0, 0.05) is 6.54 Å². The van der Waals surface area contributed by atoms with Crippen molar-refractivity contribution in [3.8, 4) is 0 Å². The van der Waals surface area contributed by atoms with Crippen LogP contribution in [0.4, 0.5) is 9.59 Å². The smallest absolute Gasteiger partial charge is 0.434 e. The second kappa shape index (κ2) is 41.2. The lowest BCUT2D eigenvalue weighted by Gasteiger charge is -2.21. The quantitative estimate of drug-likeness (QED) is 0.0492. The fourth-order valence-corrected chi connectivity index (χ4v) is 6.54. The summed E-state index contributed by atoms with van der Waals surface area (Å²) in [7, 11) is 0.